The quantitative estimate of drug-likeness (QED) is 0.912. The van der Waals surface area contributed by atoms with Gasteiger partial charge in [0.15, 0.2) is 15.0 Å². The van der Waals surface area contributed by atoms with Crippen LogP contribution in [0, 0.1) is 0 Å². The number of benzene rings is 1. The molecule has 4 nitrogen and oxygen atoms in total. The monoisotopic (exact) mass is 256 g/mol. The number of nitrogens with zero attached hydrogens (tertiary/aromatic N) is 1. The van der Waals surface area contributed by atoms with Gasteiger partial charge in [-0.05, 0) is 24.6 Å². The molecule has 0 aliphatic rings. The first-order valence-corrected chi connectivity index (χ1v) is 7.38. The van der Waals surface area contributed by atoms with Crippen molar-refractivity contribution in [3.8, 4) is 0 Å². The molecule has 6 heteroatoms. The van der Waals surface area contributed by atoms with Crippen LogP contribution in [0.15, 0.2) is 23.1 Å². The topological polar surface area (TPSA) is 73.0 Å². The Bertz CT molecular complexity index is 617. The van der Waals surface area contributed by atoms with E-state index in [0.29, 0.717) is 16.4 Å². The molecule has 2 N–H and O–H groups in total. The number of thiazole rings is 1. The molecule has 0 saturated heterocycles. The molecule has 1 heterocycles. The SMILES string of the molecule is CCCS(=O)(=O)c1ccc2nc(N)sc2c1. The lowest BCUT2D eigenvalue weighted by atomic mass is 10.3. The number of sulfone groups is 1. The van der Waals surface area contributed by atoms with Crippen molar-refractivity contribution in [2.45, 2.75) is 18.2 Å². The van der Waals surface area contributed by atoms with Gasteiger partial charge >= 0.3 is 0 Å². The molecule has 16 heavy (non-hydrogen) atoms. The van der Waals surface area contributed by atoms with Gasteiger partial charge in [0.2, 0.25) is 0 Å². The minimum absolute atomic E-state index is 0.173. The Morgan fingerprint density at radius 2 is 2.19 bits per heavy atom. The smallest absolute Gasteiger partial charge is 0.181 e. The summed E-state index contributed by atoms with van der Waals surface area (Å²) in [6.45, 7) is 1.85. The van der Waals surface area contributed by atoms with Gasteiger partial charge in [-0.3, -0.25) is 0 Å². The lowest BCUT2D eigenvalue weighted by Crippen LogP contribution is -2.05. The summed E-state index contributed by atoms with van der Waals surface area (Å²) in [4.78, 5) is 4.44. The van der Waals surface area contributed by atoms with Gasteiger partial charge in [-0.1, -0.05) is 18.3 Å². The van der Waals surface area contributed by atoms with Crippen molar-refractivity contribution in [1.29, 1.82) is 0 Å². The summed E-state index contributed by atoms with van der Waals surface area (Å²) in [7, 11) is -3.15. The van der Waals surface area contributed by atoms with Crippen LogP contribution in [0.1, 0.15) is 13.3 Å². The van der Waals surface area contributed by atoms with Crippen LogP contribution in [0.2, 0.25) is 0 Å². The van der Waals surface area contributed by atoms with Crippen molar-refractivity contribution in [1.82, 2.24) is 4.98 Å². The zero-order chi connectivity index (χ0) is 11.8. The van der Waals surface area contributed by atoms with Gasteiger partial charge in [-0.25, -0.2) is 13.4 Å². The van der Waals surface area contributed by atoms with Crippen LogP contribution in [0.4, 0.5) is 5.13 Å². The van der Waals surface area contributed by atoms with E-state index in [-0.39, 0.29) is 5.75 Å². The van der Waals surface area contributed by atoms with Crippen LogP contribution in [0.25, 0.3) is 10.2 Å². The highest BCUT2D eigenvalue weighted by Gasteiger charge is 2.14. The summed E-state index contributed by atoms with van der Waals surface area (Å²) >= 11 is 1.30. The van der Waals surface area contributed by atoms with Crippen molar-refractivity contribution in [3.63, 3.8) is 0 Å². The summed E-state index contributed by atoms with van der Waals surface area (Å²) in [6.07, 6.45) is 0.616. The molecule has 0 aliphatic heterocycles. The molecule has 86 valence electrons. The first kappa shape index (κ1) is 11.3. The summed E-state index contributed by atoms with van der Waals surface area (Å²) in [5.41, 5.74) is 6.31. The normalized spacial score (nSPS) is 12.1. The van der Waals surface area contributed by atoms with E-state index in [9.17, 15) is 8.42 Å². The summed E-state index contributed by atoms with van der Waals surface area (Å²) in [5.74, 6) is 0.173. The van der Waals surface area contributed by atoms with Crippen LogP contribution < -0.4 is 5.73 Å². The molecule has 0 atom stereocenters. The highest BCUT2D eigenvalue weighted by atomic mass is 32.2. The number of hydrogen-bond donors (Lipinski definition) is 1. The molecule has 0 unspecified atom stereocenters. The van der Waals surface area contributed by atoms with E-state index in [2.05, 4.69) is 4.98 Å². The van der Waals surface area contributed by atoms with Crippen LogP contribution in [0.3, 0.4) is 0 Å². The zero-order valence-corrected chi connectivity index (χ0v) is 10.4. The van der Waals surface area contributed by atoms with Gasteiger partial charge < -0.3 is 5.73 Å². The first-order chi connectivity index (χ1) is 7.53. The molecule has 2 aromatic rings. The standard InChI is InChI=1S/C10H12N2O2S2/c1-2-5-16(13,14)7-3-4-8-9(6-7)15-10(11)12-8/h3-4,6H,2,5H2,1H3,(H2,11,12). The number of anilines is 1. The van der Waals surface area contributed by atoms with E-state index in [4.69, 9.17) is 5.73 Å². The van der Waals surface area contributed by atoms with E-state index >= 15 is 0 Å². The number of hydrogen-bond acceptors (Lipinski definition) is 5. The molecule has 1 aromatic heterocycles. The Morgan fingerprint density at radius 3 is 2.88 bits per heavy atom. The van der Waals surface area contributed by atoms with Crippen molar-refractivity contribution in [2.24, 2.45) is 0 Å². The minimum atomic E-state index is -3.15. The van der Waals surface area contributed by atoms with E-state index in [0.717, 1.165) is 10.2 Å². The third kappa shape index (κ3) is 2.03. The molecule has 0 aliphatic carbocycles. The van der Waals surface area contributed by atoms with E-state index in [1.54, 1.807) is 18.2 Å². The van der Waals surface area contributed by atoms with Crippen molar-refractivity contribution in [3.05, 3.63) is 18.2 Å². The maximum absolute atomic E-state index is 11.8. The molecule has 0 fully saturated rings. The van der Waals surface area contributed by atoms with Gasteiger partial charge in [-0.15, -0.1) is 0 Å². The third-order valence-corrected chi connectivity index (χ3v) is 4.97. The molecule has 0 radical (unpaired) electrons. The van der Waals surface area contributed by atoms with Crippen molar-refractivity contribution < 1.29 is 8.42 Å². The Hall–Kier alpha value is -1.14. The second-order valence-corrected chi connectivity index (χ2v) is 6.67. The second-order valence-electron chi connectivity index (χ2n) is 3.50. The molecular weight excluding hydrogens is 244 g/mol. The minimum Gasteiger partial charge on any atom is -0.375 e. The third-order valence-electron chi connectivity index (χ3n) is 2.21. The van der Waals surface area contributed by atoms with Crippen molar-refractivity contribution in [2.75, 3.05) is 11.5 Å². The molecule has 0 amide bonds. The fourth-order valence-electron chi connectivity index (χ4n) is 1.50. The van der Waals surface area contributed by atoms with Gasteiger partial charge in [-0.2, -0.15) is 0 Å². The average Bonchev–Trinajstić information content (AvgIpc) is 2.56. The lowest BCUT2D eigenvalue weighted by molar-refractivity contribution is 0.595. The first-order valence-electron chi connectivity index (χ1n) is 4.92. The summed E-state index contributed by atoms with van der Waals surface area (Å²) < 4.78 is 24.5. The maximum Gasteiger partial charge on any atom is 0.181 e. The second kappa shape index (κ2) is 4.03. The highest BCUT2D eigenvalue weighted by Crippen LogP contribution is 2.26. The van der Waals surface area contributed by atoms with Gasteiger partial charge in [0.25, 0.3) is 0 Å². The highest BCUT2D eigenvalue weighted by molar-refractivity contribution is 7.91. The lowest BCUT2D eigenvalue weighted by Gasteiger charge is -2.01. The zero-order valence-electron chi connectivity index (χ0n) is 8.80. The van der Waals surface area contributed by atoms with Crippen molar-refractivity contribution >= 4 is 36.5 Å². The summed E-state index contributed by atoms with van der Waals surface area (Å²) in [6, 6.07) is 4.94. The fraction of sp³-hybridized carbons (Fsp3) is 0.300. The van der Waals surface area contributed by atoms with Gasteiger partial charge in [0.05, 0.1) is 20.9 Å². The molecular formula is C10H12N2O2S2. The average molecular weight is 256 g/mol. The Morgan fingerprint density at radius 1 is 1.44 bits per heavy atom. The number of nitrogens with two attached hydrogens (primary N) is 1. The molecule has 0 saturated carbocycles. The van der Waals surface area contributed by atoms with Crippen LogP contribution >= 0.6 is 11.3 Å². The van der Waals surface area contributed by atoms with E-state index in [1.807, 2.05) is 6.92 Å². The van der Waals surface area contributed by atoms with E-state index < -0.39 is 9.84 Å². The predicted octanol–water partition coefficient (Wildman–Crippen LogP) is 2.06. The van der Waals surface area contributed by atoms with Gasteiger partial charge in [0, 0.05) is 0 Å². The Labute approximate surface area is 98.0 Å². The number of nitrogen functional groups attached to an aromatic ring is 1. The number of aromatic nitrogens is 1. The van der Waals surface area contributed by atoms with Crippen LogP contribution in [0.5, 0.6) is 0 Å². The molecule has 2 rings (SSSR count). The van der Waals surface area contributed by atoms with E-state index in [1.165, 1.54) is 11.3 Å². The predicted molar refractivity (Wildman–Crippen MR) is 66.4 cm³/mol. The molecule has 0 spiro atoms. The van der Waals surface area contributed by atoms with Crippen LogP contribution in [-0.2, 0) is 9.84 Å². The Kier molecular flexibility index (Phi) is 2.86. The number of rotatable bonds is 3. The molecule has 1 aromatic carbocycles. The Balaban J connectivity index is 2.54. The molecule has 0 bridgehead atoms. The maximum atomic E-state index is 11.8. The van der Waals surface area contributed by atoms with Crippen LogP contribution in [-0.4, -0.2) is 19.2 Å². The summed E-state index contributed by atoms with van der Waals surface area (Å²) in [5, 5.41) is 0.458. The largest absolute Gasteiger partial charge is 0.375 e. The number of fused-ring (bicyclic) bond motifs is 1. The fourth-order valence-corrected chi connectivity index (χ4v) is 3.70. The van der Waals surface area contributed by atoms with Gasteiger partial charge in [0.1, 0.15) is 0 Å².